The van der Waals surface area contributed by atoms with Crippen molar-refractivity contribution in [1.29, 1.82) is 0 Å². The van der Waals surface area contributed by atoms with Crippen LogP contribution in [0, 0.1) is 0 Å². The molecule has 0 fully saturated rings. The van der Waals surface area contributed by atoms with Crippen LogP contribution in [-0.4, -0.2) is 0 Å². The van der Waals surface area contributed by atoms with Gasteiger partial charge in [0.15, 0.2) is 0 Å². The van der Waals surface area contributed by atoms with Crippen LogP contribution in [0.2, 0.25) is 0 Å². The standard InChI is InChI=1S/C12H16S2/c1-2-6-10-9(5-1)13-11-7-3-4-8-12(11)14-10/h1-8H2. The van der Waals surface area contributed by atoms with E-state index in [0.717, 1.165) is 0 Å². The average Bonchev–Trinajstić information content (AvgIpc) is 2.26. The van der Waals surface area contributed by atoms with E-state index < -0.39 is 0 Å². The lowest BCUT2D eigenvalue weighted by molar-refractivity contribution is 0.703. The highest BCUT2D eigenvalue weighted by Crippen LogP contribution is 2.54. The van der Waals surface area contributed by atoms with Gasteiger partial charge >= 0.3 is 0 Å². The van der Waals surface area contributed by atoms with Crippen molar-refractivity contribution in [3.05, 3.63) is 19.6 Å². The zero-order valence-corrected chi connectivity index (χ0v) is 10.1. The molecule has 76 valence electrons. The summed E-state index contributed by atoms with van der Waals surface area (Å²) in [6.45, 7) is 0. The second-order valence-electron chi connectivity index (χ2n) is 4.31. The SMILES string of the molecule is C1CCC2=C(C1)SC1=C(CCCC1)S2. The fourth-order valence-electron chi connectivity index (χ4n) is 2.43. The third-order valence-electron chi connectivity index (χ3n) is 3.23. The van der Waals surface area contributed by atoms with Crippen LogP contribution in [-0.2, 0) is 0 Å². The molecule has 0 bridgehead atoms. The minimum absolute atomic E-state index is 1.36. The minimum Gasteiger partial charge on any atom is -0.0973 e. The Morgan fingerprint density at radius 3 is 1.07 bits per heavy atom. The van der Waals surface area contributed by atoms with Gasteiger partial charge in [-0.3, -0.25) is 0 Å². The molecule has 3 rings (SSSR count). The normalized spacial score (nSPS) is 27.4. The van der Waals surface area contributed by atoms with E-state index in [-0.39, 0.29) is 0 Å². The molecule has 0 saturated heterocycles. The predicted molar refractivity (Wildman–Crippen MR) is 66.2 cm³/mol. The molecular formula is C12H16S2. The lowest BCUT2D eigenvalue weighted by Gasteiger charge is -2.29. The first-order valence-corrected chi connectivity index (χ1v) is 7.36. The van der Waals surface area contributed by atoms with E-state index in [4.69, 9.17) is 0 Å². The molecular weight excluding hydrogens is 208 g/mol. The topological polar surface area (TPSA) is 0 Å². The largest absolute Gasteiger partial charge is 0.0973 e. The summed E-state index contributed by atoms with van der Waals surface area (Å²) >= 11 is 4.28. The number of hydrogen-bond donors (Lipinski definition) is 0. The van der Waals surface area contributed by atoms with Crippen molar-refractivity contribution in [1.82, 2.24) is 0 Å². The Balaban J connectivity index is 1.84. The van der Waals surface area contributed by atoms with Crippen LogP contribution in [0.25, 0.3) is 0 Å². The van der Waals surface area contributed by atoms with Crippen molar-refractivity contribution >= 4 is 23.5 Å². The molecule has 0 radical (unpaired) electrons. The smallest absolute Gasteiger partial charge is 0.000682 e. The van der Waals surface area contributed by atoms with E-state index in [0.29, 0.717) is 0 Å². The zero-order chi connectivity index (χ0) is 9.38. The van der Waals surface area contributed by atoms with Crippen LogP contribution in [0.1, 0.15) is 51.4 Å². The molecule has 3 aliphatic rings. The lowest BCUT2D eigenvalue weighted by Crippen LogP contribution is -2.04. The van der Waals surface area contributed by atoms with E-state index >= 15 is 0 Å². The molecule has 1 heterocycles. The molecule has 14 heavy (non-hydrogen) atoms. The Labute approximate surface area is 94.6 Å². The van der Waals surface area contributed by atoms with Gasteiger partial charge in [-0.15, -0.1) is 0 Å². The van der Waals surface area contributed by atoms with Gasteiger partial charge in [-0.1, -0.05) is 23.5 Å². The number of hydrogen-bond acceptors (Lipinski definition) is 2. The average molecular weight is 224 g/mol. The highest BCUT2D eigenvalue weighted by Gasteiger charge is 2.25. The van der Waals surface area contributed by atoms with Crippen LogP contribution in [0.5, 0.6) is 0 Å². The molecule has 0 aromatic heterocycles. The van der Waals surface area contributed by atoms with Gasteiger partial charge in [0.2, 0.25) is 0 Å². The Bertz CT molecular complexity index is 252. The number of thioether (sulfide) groups is 2. The molecule has 0 atom stereocenters. The van der Waals surface area contributed by atoms with Crippen molar-refractivity contribution in [3.63, 3.8) is 0 Å². The van der Waals surface area contributed by atoms with E-state index in [1.54, 1.807) is 19.6 Å². The molecule has 0 aromatic rings. The Hall–Kier alpha value is 0.180. The predicted octanol–water partition coefficient (Wildman–Crippen LogP) is 5.04. The second-order valence-corrected chi connectivity index (χ2v) is 6.69. The molecule has 0 amide bonds. The minimum atomic E-state index is 1.36. The third kappa shape index (κ3) is 1.67. The maximum Gasteiger partial charge on any atom is -0.000682 e. The summed E-state index contributed by atoms with van der Waals surface area (Å²) in [7, 11) is 0. The molecule has 2 heteroatoms. The van der Waals surface area contributed by atoms with Crippen LogP contribution in [0.15, 0.2) is 19.6 Å². The summed E-state index contributed by atoms with van der Waals surface area (Å²) in [6.07, 6.45) is 11.2. The van der Waals surface area contributed by atoms with Gasteiger partial charge in [0.05, 0.1) is 0 Å². The number of allylic oxidation sites excluding steroid dienone is 4. The van der Waals surface area contributed by atoms with Gasteiger partial charge in [-0.05, 0) is 71.0 Å². The van der Waals surface area contributed by atoms with Crippen molar-refractivity contribution in [2.24, 2.45) is 0 Å². The van der Waals surface area contributed by atoms with Gasteiger partial charge < -0.3 is 0 Å². The molecule has 0 unspecified atom stereocenters. The highest BCUT2D eigenvalue weighted by molar-refractivity contribution is 8.13. The van der Waals surface area contributed by atoms with E-state index in [2.05, 4.69) is 23.5 Å². The van der Waals surface area contributed by atoms with Crippen LogP contribution in [0.4, 0.5) is 0 Å². The zero-order valence-electron chi connectivity index (χ0n) is 8.47. The molecule has 0 saturated carbocycles. The number of rotatable bonds is 0. The van der Waals surface area contributed by atoms with Crippen LogP contribution < -0.4 is 0 Å². The van der Waals surface area contributed by atoms with Crippen molar-refractivity contribution in [3.8, 4) is 0 Å². The summed E-state index contributed by atoms with van der Waals surface area (Å²) in [5.41, 5.74) is 0. The van der Waals surface area contributed by atoms with Gasteiger partial charge in [-0.25, -0.2) is 0 Å². The van der Waals surface area contributed by atoms with E-state index in [9.17, 15) is 0 Å². The van der Waals surface area contributed by atoms with Gasteiger partial charge in [0.25, 0.3) is 0 Å². The quantitative estimate of drug-likeness (QED) is 0.565. The first-order valence-electron chi connectivity index (χ1n) is 5.73. The summed E-state index contributed by atoms with van der Waals surface area (Å²) < 4.78 is 0. The van der Waals surface area contributed by atoms with Gasteiger partial charge in [-0.2, -0.15) is 0 Å². The van der Waals surface area contributed by atoms with Crippen molar-refractivity contribution < 1.29 is 0 Å². The van der Waals surface area contributed by atoms with Crippen molar-refractivity contribution in [2.75, 3.05) is 0 Å². The van der Waals surface area contributed by atoms with Crippen LogP contribution >= 0.6 is 23.5 Å². The second kappa shape index (κ2) is 3.97. The monoisotopic (exact) mass is 224 g/mol. The Morgan fingerprint density at radius 1 is 0.500 bits per heavy atom. The maximum absolute atomic E-state index is 2.14. The summed E-state index contributed by atoms with van der Waals surface area (Å²) in [5, 5.41) is 0. The Morgan fingerprint density at radius 2 is 0.786 bits per heavy atom. The van der Waals surface area contributed by atoms with E-state index in [1.165, 1.54) is 51.4 Å². The summed E-state index contributed by atoms with van der Waals surface area (Å²) in [4.78, 5) is 6.90. The van der Waals surface area contributed by atoms with Crippen molar-refractivity contribution in [2.45, 2.75) is 51.4 Å². The molecule has 0 N–H and O–H groups in total. The van der Waals surface area contributed by atoms with E-state index in [1.807, 2.05) is 0 Å². The molecule has 0 nitrogen and oxygen atoms in total. The third-order valence-corrected chi connectivity index (χ3v) is 6.28. The fourth-order valence-corrected chi connectivity index (χ4v) is 5.37. The van der Waals surface area contributed by atoms with Gasteiger partial charge in [0, 0.05) is 0 Å². The Kier molecular flexibility index (Phi) is 2.67. The molecule has 0 aromatic carbocycles. The first kappa shape index (κ1) is 9.41. The summed E-state index contributed by atoms with van der Waals surface area (Å²) in [6, 6.07) is 0. The maximum atomic E-state index is 2.14. The summed E-state index contributed by atoms with van der Waals surface area (Å²) in [5.74, 6) is 0. The molecule has 0 spiro atoms. The fraction of sp³-hybridized carbons (Fsp3) is 0.667. The molecule has 2 aliphatic carbocycles. The first-order chi connectivity index (χ1) is 6.93. The highest BCUT2D eigenvalue weighted by atomic mass is 32.2. The molecule has 1 aliphatic heterocycles. The van der Waals surface area contributed by atoms with Gasteiger partial charge in [0.1, 0.15) is 0 Å². The van der Waals surface area contributed by atoms with Crippen LogP contribution in [0.3, 0.4) is 0 Å². The lowest BCUT2D eigenvalue weighted by atomic mass is 10.1.